The lowest BCUT2D eigenvalue weighted by atomic mass is 9.46. The molecular weight excluding hydrogens is 306 g/mol. The van der Waals surface area contributed by atoms with Crippen molar-refractivity contribution in [2.24, 2.45) is 34.6 Å². The van der Waals surface area contributed by atoms with Crippen LogP contribution in [0, 0.1) is 23.2 Å². The minimum absolute atomic E-state index is 0.102. The maximum Gasteiger partial charge on any atom is 0.241 e. The van der Waals surface area contributed by atoms with Gasteiger partial charge in [0.15, 0.2) is 0 Å². The molecule has 5 aliphatic carbocycles. The number of likely N-dealkylation sites (tertiary alicyclic amines) is 1. The van der Waals surface area contributed by atoms with E-state index in [2.05, 4.69) is 0 Å². The molecule has 6 nitrogen and oxygen atoms in total. The van der Waals surface area contributed by atoms with Gasteiger partial charge >= 0.3 is 0 Å². The number of hydrogen-bond donors (Lipinski definition) is 3. The Labute approximate surface area is 141 Å². The van der Waals surface area contributed by atoms with Crippen LogP contribution >= 0.6 is 0 Å². The van der Waals surface area contributed by atoms with Gasteiger partial charge in [-0.2, -0.15) is 0 Å². The zero-order chi connectivity index (χ0) is 16.9. The van der Waals surface area contributed by atoms with E-state index in [1.54, 1.807) is 4.90 Å². The van der Waals surface area contributed by atoms with Gasteiger partial charge in [0.05, 0.1) is 11.6 Å². The topological polar surface area (TPSA) is 110 Å². The highest BCUT2D eigenvalue weighted by Gasteiger charge is 2.63. The van der Waals surface area contributed by atoms with Gasteiger partial charge in [0.2, 0.25) is 11.8 Å². The molecule has 0 radical (unpaired) electrons. The average Bonchev–Trinajstić information content (AvgIpc) is 3.13. The molecule has 132 valence electrons. The quantitative estimate of drug-likeness (QED) is 0.681. The van der Waals surface area contributed by atoms with Crippen LogP contribution in [0.15, 0.2) is 0 Å². The molecule has 0 aromatic carbocycles. The second kappa shape index (κ2) is 4.52. The summed E-state index contributed by atoms with van der Waals surface area (Å²) >= 11 is 0. The van der Waals surface area contributed by atoms with Crippen molar-refractivity contribution in [2.75, 3.05) is 0 Å². The molecule has 0 aromatic heterocycles. The lowest BCUT2D eigenvalue weighted by Crippen LogP contribution is -2.65. The van der Waals surface area contributed by atoms with Gasteiger partial charge in [0, 0.05) is 6.04 Å². The largest absolute Gasteiger partial charge is 0.390 e. The van der Waals surface area contributed by atoms with E-state index in [0.717, 1.165) is 32.1 Å². The van der Waals surface area contributed by atoms with E-state index in [-0.39, 0.29) is 17.4 Å². The number of hydrogen-bond acceptors (Lipinski definition) is 4. The van der Waals surface area contributed by atoms with Crippen molar-refractivity contribution < 1.29 is 14.7 Å². The summed E-state index contributed by atoms with van der Waals surface area (Å²) in [6, 6.07) is -0.932. The molecule has 1 saturated heterocycles. The van der Waals surface area contributed by atoms with Crippen molar-refractivity contribution in [3.8, 4) is 0 Å². The van der Waals surface area contributed by atoms with E-state index in [4.69, 9.17) is 11.5 Å². The molecule has 0 aromatic rings. The third-order valence-electron chi connectivity index (χ3n) is 7.69. The Balaban J connectivity index is 1.43. The summed E-state index contributed by atoms with van der Waals surface area (Å²) in [4.78, 5) is 26.7. The first kappa shape index (κ1) is 15.1. The molecule has 24 heavy (non-hydrogen) atoms. The lowest BCUT2D eigenvalue weighted by Gasteiger charge is -2.61. The van der Waals surface area contributed by atoms with Crippen molar-refractivity contribution in [1.29, 1.82) is 0 Å². The molecule has 6 fully saturated rings. The fourth-order valence-electron chi connectivity index (χ4n) is 7.10. The normalized spacial score (nSPS) is 52.2. The first-order chi connectivity index (χ1) is 11.3. The van der Waals surface area contributed by atoms with Gasteiger partial charge in [0.25, 0.3) is 0 Å². The highest BCUT2D eigenvalue weighted by atomic mass is 16.3. The highest BCUT2D eigenvalue weighted by Crippen LogP contribution is 2.63. The Morgan fingerprint density at radius 1 is 1.08 bits per heavy atom. The van der Waals surface area contributed by atoms with Crippen LogP contribution in [-0.4, -0.2) is 45.5 Å². The number of piperidine rings is 1. The second-order valence-electron chi connectivity index (χ2n) is 9.49. The summed E-state index contributed by atoms with van der Waals surface area (Å²) in [6.45, 7) is 0. The minimum Gasteiger partial charge on any atom is -0.390 e. The average molecular weight is 333 g/mol. The molecule has 1 heterocycles. The van der Waals surface area contributed by atoms with Crippen LogP contribution in [0.4, 0.5) is 0 Å². The Kier molecular flexibility index (Phi) is 2.85. The second-order valence-corrected chi connectivity index (χ2v) is 9.49. The van der Waals surface area contributed by atoms with Crippen LogP contribution in [0.5, 0.6) is 0 Å². The van der Waals surface area contributed by atoms with Gasteiger partial charge in [-0.3, -0.25) is 9.59 Å². The number of carbonyl (C=O) groups is 2. The van der Waals surface area contributed by atoms with Crippen LogP contribution in [0.1, 0.15) is 51.4 Å². The van der Waals surface area contributed by atoms with E-state index < -0.39 is 23.6 Å². The summed E-state index contributed by atoms with van der Waals surface area (Å²) in [5.74, 6) is 0.906. The number of amides is 2. The fourth-order valence-corrected chi connectivity index (χ4v) is 7.10. The number of carbonyl (C=O) groups excluding carboxylic acids is 2. The van der Waals surface area contributed by atoms with E-state index in [1.165, 1.54) is 6.42 Å². The highest BCUT2D eigenvalue weighted by molar-refractivity contribution is 5.91. The van der Waals surface area contributed by atoms with Gasteiger partial charge in [0.1, 0.15) is 6.04 Å². The Hall–Kier alpha value is -1.14. The molecule has 4 bridgehead atoms. The molecule has 6 aliphatic rings. The zero-order valence-corrected chi connectivity index (χ0v) is 14.0. The van der Waals surface area contributed by atoms with Crippen molar-refractivity contribution in [3.63, 3.8) is 0 Å². The van der Waals surface area contributed by atoms with Gasteiger partial charge < -0.3 is 21.5 Å². The Morgan fingerprint density at radius 3 is 2.33 bits per heavy atom. The van der Waals surface area contributed by atoms with E-state index in [0.29, 0.717) is 30.6 Å². The number of nitrogens with zero attached hydrogens (tertiary/aromatic N) is 1. The van der Waals surface area contributed by atoms with Crippen molar-refractivity contribution in [1.82, 2.24) is 4.90 Å². The summed E-state index contributed by atoms with van der Waals surface area (Å²) < 4.78 is 0. The molecule has 1 aliphatic heterocycles. The summed E-state index contributed by atoms with van der Waals surface area (Å²) in [5, 5.41) is 10.9. The van der Waals surface area contributed by atoms with Gasteiger partial charge in [-0.15, -0.1) is 0 Å². The molecule has 0 spiro atoms. The number of rotatable bonds is 3. The van der Waals surface area contributed by atoms with Crippen LogP contribution < -0.4 is 11.5 Å². The smallest absolute Gasteiger partial charge is 0.241 e. The monoisotopic (exact) mass is 333 g/mol. The summed E-state index contributed by atoms with van der Waals surface area (Å²) in [6.07, 6.45) is 7.11. The third-order valence-corrected chi connectivity index (χ3v) is 7.69. The molecule has 6 rings (SSSR count). The standard InChI is InChI=1S/C18H27N3O3/c19-14(16(23)21-12-2-11(12)3-13(21)15(20)22)17-4-9-1-10(5-17)7-18(24,6-9)8-17/h9-14,24H,1-8,19H2,(H2,20,22)/t9?,10?,11-,12-,13-,14+,17?,18?/m0/s1. The maximum absolute atomic E-state index is 13.2. The van der Waals surface area contributed by atoms with Gasteiger partial charge in [-0.25, -0.2) is 0 Å². The molecule has 2 amide bonds. The predicted molar refractivity (Wildman–Crippen MR) is 86.4 cm³/mol. The minimum atomic E-state index is -0.627. The summed E-state index contributed by atoms with van der Waals surface area (Å²) in [5.41, 5.74) is 11.2. The maximum atomic E-state index is 13.2. The van der Waals surface area contributed by atoms with Crippen molar-refractivity contribution in [3.05, 3.63) is 0 Å². The Morgan fingerprint density at radius 2 is 1.75 bits per heavy atom. The third kappa shape index (κ3) is 1.96. The van der Waals surface area contributed by atoms with Crippen LogP contribution in [0.25, 0.3) is 0 Å². The lowest BCUT2D eigenvalue weighted by molar-refractivity contribution is -0.178. The van der Waals surface area contributed by atoms with Crippen molar-refractivity contribution in [2.45, 2.75) is 75.1 Å². The predicted octanol–water partition coefficient (Wildman–Crippen LogP) is 0.120. The number of aliphatic hydroxyl groups is 1. The number of primary amides is 1. The van der Waals surface area contributed by atoms with Crippen LogP contribution in [0.2, 0.25) is 0 Å². The van der Waals surface area contributed by atoms with Gasteiger partial charge in [-0.05, 0) is 74.5 Å². The van der Waals surface area contributed by atoms with E-state index >= 15 is 0 Å². The first-order valence-electron chi connectivity index (χ1n) is 9.40. The zero-order valence-electron chi connectivity index (χ0n) is 14.0. The Bertz CT molecular complexity index is 607. The molecular formula is C18H27N3O3. The fraction of sp³-hybridized carbons (Fsp3) is 0.889. The molecule has 2 unspecified atom stereocenters. The number of nitrogens with two attached hydrogens (primary N) is 2. The SMILES string of the molecule is NC(=O)[C@@H]1C[C@@H]2C[C@@H]2N1C(=O)[C@@H](N)C12CC3CC(CC(O)(C3)C1)C2. The molecule has 5 saturated carbocycles. The van der Waals surface area contributed by atoms with Crippen LogP contribution in [-0.2, 0) is 9.59 Å². The van der Waals surface area contributed by atoms with Crippen molar-refractivity contribution >= 4 is 11.8 Å². The summed E-state index contributed by atoms with van der Waals surface area (Å²) in [7, 11) is 0. The molecule has 6 heteroatoms. The molecule has 6 atom stereocenters. The van der Waals surface area contributed by atoms with E-state index in [1.807, 2.05) is 0 Å². The van der Waals surface area contributed by atoms with Gasteiger partial charge in [-0.1, -0.05) is 0 Å². The van der Waals surface area contributed by atoms with Crippen LogP contribution in [0.3, 0.4) is 0 Å². The van der Waals surface area contributed by atoms with E-state index in [9.17, 15) is 14.7 Å². The molecule has 5 N–H and O–H groups in total. The number of fused-ring (bicyclic) bond motifs is 1. The first-order valence-corrected chi connectivity index (χ1v) is 9.40.